The van der Waals surface area contributed by atoms with Crippen LogP contribution in [-0.2, 0) is 17.1 Å². The molecule has 0 aromatic heterocycles. The molecule has 0 unspecified atom stereocenters. The minimum atomic E-state index is 0. The number of halogens is 1. The Balaban J connectivity index is 0. The first-order valence-electron chi connectivity index (χ1n) is 3.33. The van der Waals surface area contributed by atoms with Gasteiger partial charge in [-0.1, -0.05) is 0 Å². The largest absolute Gasteiger partial charge is 0.748 e. The van der Waals surface area contributed by atoms with Crippen LogP contribution in [0.3, 0.4) is 0 Å². The maximum absolute atomic E-state index is 2.00. The van der Waals surface area contributed by atoms with Gasteiger partial charge in [-0.15, -0.1) is 12.4 Å². The SMILES string of the molecule is Cl.[Fe].[cH-]1[cH-][cH-][cH-][cH-]1.c1cc[cH-]c1. The molecule has 0 N–H and O–H groups in total. The van der Waals surface area contributed by atoms with Crippen molar-refractivity contribution < 1.29 is 17.1 Å². The Labute approximate surface area is 90.2 Å². The van der Waals surface area contributed by atoms with Gasteiger partial charge in [0.1, 0.15) is 0 Å². The zero-order chi connectivity index (χ0) is 7.07. The second-order valence-electron chi connectivity index (χ2n) is 1.92. The Morgan fingerprint density at radius 3 is 1.17 bits per heavy atom. The first-order valence-corrected chi connectivity index (χ1v) is 3.33. The van der Waals surface area contributed by atoms with Crippen LogP contribution in [0.15, 0.2) is 60.7 Å². The minimum absolute atomic E-state index is 0. The molecule has 72 valence electrons. The van der Waals surface area contributed by atoms with E-state index in [0.717, 1.165) is 0 Å². The monoisotopic (exact) mass is 222 g/mol. The predicted octanol–water partition coefficient (Wildman–Crippen LogP) is 3.23. The number of rotatable bonds is 0. The zero-order valence-corrected chi connectivity index (χ0v) is 8.46. The second-order valence-corrected chi connectivity index (χ2v) is 1.92. The zero-order valence-electron chi connectivity index (χ0n) is 6.54. The summed E-state index contributed by atoms with van der Waals surface area (Å²) >= 11 is 0. The van der Waals surface area contributed by atoms with E-state index in [0.29, 0.717) is 0 Å². The Morgan fingerprint density at radius 1 is 0.667 bits per heavy atom. The molecule has 0 atom stereocenters. The van der Waals surface area contributed by atoms with E-state index in [1.165, 1.54) is 0 Å². The van der Waals surface area contributed by atoms with E-state index < -0.39 is 0 Å². The van der Waals surface area contributed by atoms with Crippen molar-refractivity contribution in [2.75, 3.05) is 0 Å². The van der Waals surface area contributed by atoms with E-state index in [1.807, 2.05) is 60.7 Å². The van der Waals surface area contributed by atoms with Gasteiger partial charge in [0, 0.05) is 17.1 Å². The average Bonchev–Trinajstić information content (AvgIpc) is 2.67. The molecule has 0 fully saturated rings. The third kappa shape index (κ3) is 7.61. The van der Waals surface area contributed by atoms with Crippen LogP contribution < -0.4 is 0 Å². The molecule has 12 heavy (non-hydrogen) atoms. The number of hydrogen-bond acceptors (Lipinski definition) is 0. The summed E-state index contributed by atoms with van der Waals surface area (Å²) in [6.45, 7) is 0. The van der Waals surface area contributed by atoms with Crippen molar-refractivity contribution in [3.05, 3.63) is 60.7 Å². The molecule has 0 aliphatic heterocycles. The molecule has 0 radical (unpaired) electrons. The number of hydrogen-bond donors (Lipinski definition) is 0. The maximum atomic E-state index is 2.00. The van der Waals surface area contributed by atoms with Gasteiger partial charge in [0.05, 0.1) is 0 Å². The van der Waals surface area contributed by atoms with Gasteiger partial charge in [0.25, 0.3) is 0 Å². The Bertz CT molecular complexity index is 149. The summed E-state index contributed by atoms with van der Waals surface area (Å²) < 4.78 is 0. The van der Waals surface area contributed by atoms with Gasteiger partial charge in [0.2, 0.25) is 0 Å². The molecule has 0 aliphatic carbocycles. The molecule has 0 amide bonds. The molecule has 0 saturated heterocycles. The van der Waals surface area contributed by atoms with Gasteiger partial charge in [-0.2, -0.15) is 18.2 Å². The van der Waals surface area contributed by atoms with E-state index in [4.69, 9.17) is 0 Å². The Morgan fingerprint density at radius 2 is 1.00 bits per heavy atom. The van der Waals surface area contributed by atoms with Gasteiger partial charge in [-0.25, -0.2) is 12.1 Å². The van der Waals surface area contributed by atoms with Crippen molar-refractivity contribution in [1.82, 2.24) is 0 Å². The van der Waals surface area contributed by atoms with E-state index in [9.17, 15) is 0 Å². The molecule has 0 heterocycles. The van der Waals surface area contributed by atoms with Gasteiger partial charge in [-0.05, 0) is 0 Å². The molecular formula is C10H11ClFe-6. The molecule has 0 bridgehead atoms. The average molecular weight is 222 g/mol. The van der Waals surface area contributed by atoms with Crippen LogP contribution in [0, 0.1) is 0 Å². The summed E-state index contributed by atoms with van der Waals surface area (Å²) in [5.41, 5.74) is 0. The van der Waals surface area contributed by atoms with Crippen LogP contribution in [0.25, 0.3) is 0 Å². The molecule has 0 spiro atoms. The maximum Gasteiger partial charge on any atom is 0 e. The van der Waals surface area contributed by atoms with E-state index >= 15 is 0 Å². The molecule has 0 saturated carbocycles. The summed E-state index contributed by atoms with van der Waals surface area (Å²) in [5, 5.41) is 0. The summed E-state index contributed by atoms with van der Waals surface area (Å²) in [5.74, 6) is 0. The Kier molecular flexibility index (Phi) is 12.3. The molecule has 2 heteroatoms. The van der Waals surface area contributed by atoms with Crippen molar-refractivity contribution in [3.8, 4) is 0 Å². The normalized spacial score (nSPS) is 6.67. The van der Waals surface area contributed by atoms with Crippen molar-refractivity contribution in [2.45, 2.75) is 0 Å². The smallest absolute Gasteiger partial charge is 0 e. The first-order chi connectivity index (χ1) is 5.00. The quantitative estimate of drug-likeness (QED) is 0.474. The molecule has 2 aromatic carbocycles. The fraction of sp³-hybridized carbons (Fsp3) is 0. The summed E-state index contributed by atoms with van der Waals surface area (Å²) in [6.07, 6.45) is 0. The van der Waals surface area contributed by atoms with E-state index in [-0.39, 0.29) is 29.5 Å². The van der Waals surface area contributed by atoms with Crippen molar-refractivity contribution in [2.24, 2.45) is 0 Å². The molecular weight excluding hydrogens is 211 g/mol. The van der Waals surface area contributed by atoms with Gasteiger partial charge in [-0.3, -0.25) is 0 Å². The Hall–Kier alpha value is -0.491. The van der Waals surface area contributed by atoms with Crippen molar-refractivity contribution in [3.63, 3.8) is 0 Å². The summed E-state index contributed by atoms with van der Waals surface area (Å²) in [4.78, 5) is 0. The molecule has 0 nitrogen and oxygen atoms in total. The van der Waals surface area contributed by atoms with Gasteiger partial charge >= 0.3 is 0 Å². The van der Waals surface area contributed by atoms with Crippen molar-refractivity contribution >= 4 is 12.4 Å². The first kappa shape index (κ1) is 14.1. The second kappa shape index (κ2) is 10.5. The minimum Gasteiger partial charge on any atom is -0.748 e. The van der Waals surface area contributed by atoms with E-state index in [1.54, 1.807) is 0 Å². The van der Waals surface area contributed by atoms with Crippen LogP contribution in [0.1, 0.15) is 0 Å². The third-order valence-corrected chi connectivity index (χ3v) is 1.11. The fourth-order valence-electron chi connectivity index (χ4n) is 0.642. The van der Waals surface area contributed by atoms with Crippen LogP contribution in [0.4, 0.5) is 0 Å². The van der Waals surface area contributed by atoms with Crippen LogP contribution in [-0.4, -0.2) is 0 Å². The van der Waals surface area contributed by atoms with Crippen LogP contribution in [0.2, 0.25) is 0 Å². The summed E-state index contributed by atoms with van der Waals surface area (Å²) in [7, 11) is 0. The summed E-state index contributed by atoms with van der Waals surface area (Å²) in [6, 6.07) is 20.0. The van der Waals surface area contributed by atoms with E-state index in [2.05, 4.69) is 0 Å². The van der Waals surface area contributed by atoms with Crippen molar-refractivity contribution in [1.29, 1.82) is 0 Å². The van der Waals surface area contributed by atoms with Crippen LogP contribution in [0.5, 0.6) is 0 Å². The third-order valence-electron chi connectivity index (χ3n) is 1.11. The van der Waals surface area contributed by atoms with Crippen LogP contribution >= 0.6 is 12.4 Å². The molecule has 0 aliphatic rings. The standard InChI is InChI=1S/2C5H5.ClH.Fe/c2*1-2-4-5-3-1;;/h2*1-5H;1H;/q-5;-1;;. The van der Waals surface area contributed by atoms with Gasteiger partial charge < -0.3 is 30.3 Å². The predicted molar refractivity (Wildman–Crippen MR) is 51.3 cm³/mol. The molecule has 2 rings (SSSR count). The fourth-order valence-corrected chi connectivity index (χ4v) is 0.642. The molecule has 2 aromatic rings. The van der Waals surface area contributed by atoms with Gasteiger partial charge in [0.15, 0.2) is 0 Å². The topological polar surface area (TPSA) is 0 Å².